The number of rotatable bonds is 2. The van der Waals surface area contributed by atoms with Crippen LogP contribution in [0.2, 0.25) is 0 Å². The molecule has 1 aromatic heterocycles. The monoisotopic (exact) mass is 253 g/mol. The number of benzene rings is 1. The van der Waals surface area contributed by atoms with Crippen LogP contribution >= 0.6 is 0 Å². The number of aliphatic imine (C=N–C) groups is 1. The van der Waals surface area contributed by atoms with E-state index >= 15 is 0 Å². The van der Waals surface area contributed by atoms with Crippen LogP contribution in [0.15, 0.2) is 35.5 Å². The highest BCUT2D eigenvalue weighted by atomic mass is 19.1. The van der Waals surface area contributed by atoms with Crippen LogP contribution in [-0.2, 0) is 6.42 Å². The smallest absolute Gasteiger partial charge is 0.155 e. The van der Waals surface area contributed by atoms with Crippen molar-refractivity contribution in [1.29, 1.82) is 5.26 Å². The summed E-state index contributed by atoms with van der Waals surface area (Å²) >= 11 is 0. The van der Waals surface area contributed by atoms with Crippen LogP contribution in [0.4, 0.5) is 10.2 Å². The van der Waals surface area contributed by atoms with E-state index in [2.05, 4.69) is 9.98 Å². The molecule has 0 saturated carbocycles. The summed E-state index contributed by atoms with van der Waals surface area (Å²) in [6.45, 7) is 0. The van der Waals surface area contributed by atoms with E-state index in [4.69, 9.17) is 10.00 Å². The van der Waals surface area contributed by atoms with Crippen molar-refractivity contribution >= 4 is 12.0 Å². The fourth-order valence-electron chi connectivity index (χ4n) is 1.83. The van der Waals surface area contributed by atoms with Crippen LogP contribution in [0, 0.1) is 17.1 Å². The van der Waals surface area contributed by atoms with Crippen molar-refractivity contribution in [3.05, 3.63) is 47.4 Å². The second-order valence-electron chi connectivity index (χ2n) is 4.02. The quantitative estimate of drug-likeness (QED) is 0.826. The Morgan fingerprint density at radius 2 is 2.21 bits per heavy atom. The first kappa shape index (κ1) is 11.4. The van der Waals surface area contributed by atoms with Gasteiger partial charge in [-0.25, -0.2) is 14.4 Å². The molecular weight excluding hydrogens is 245 g/mol. The zero-order chi connectivity index (χ0) is 13.2. The zero-order valence-electron chi connectivity index (χ0n) is 9.80. The summed E-state index contributed by atoms with van der Waals surface area (Å²) in [6.07, 6.45) is 3.98. The van der Waals surface area contributed by atoms with Crippen molar-refractivity contribution in [3.8, 4) is 17.6 Å². The second kappa shape index (κ2) is 4.50. The van der Waals surface area contributed by atoms with Gasteiger partial charge in [-0.2, -0.15) is 5.26 Å². The third-order valence-corrected chi connectivity index (χ3v) is 2.73. The van der Waals surface area contributed by atoms with E-state index in [1.54, 1.807) is 12.3 Å². The summed E-state index contributed by atoms with van der Waals surface area (Å²) in [5, 5.41) is 8.95. The Morgan fingerprint density at radius 1 is 1.32 bits per heavy atom. The molecule has 0 radical (unpaired) electrons. The molecule has 0 atom stereocenters. The molecule has 2 aromatic rings. The molecule has 3 rings (SSSR count). The largest absolute Gasteiger partial charge is 0.454 e. The van der Waals surface area contributed by atoms with E-state index in [0.29, 0.717) is 18.0 Å². The first-order valence-corrected chi connectivity index (χ1v) is 5.65. The molecule has 0 saturated heterocycles. The normalized spacial score (nSPS) is 12.0. The van der Waals surface area contributed by atoms with Gasteiger partial charge >= 0.3 is 0 Å². The molecule has 0 N–H and O–H groups in total. The van der Waals surface area contributed by atoms with Gasteiger partial charge in [0, 0.05) is 24.3 Å². The number of nitriles is 1. The molecule has 0 bridgehead atoms. The first-order chi connectivity index (χ1) is 9.26. The van der Waals surface area contributed by atoms with E-state index in [-0.39, 0.29) is 11.3 Å². The minimum atomic E-state index is -0.452. The molecule has 0 aliphatic carbocycles. The van der Waals surface area contributed by atoms with Gasteiger partial charge in [0.05, 0.1) is 11.8 Å². The maximum absolute atomic E-state index is 13.2. The minimum Gasteiger partial charge on any atom is -0.454 e. The van der Waals surface area contributed by atoms with Crippen molar-refractivity contribution in [3.63, 3.8) is 0 Å². The highest BCUT2D eigenvalue weighted by molar-refractivity contribution is 5.74. The van der Waals surface area contributed by atoms with Crippen molar-refractivity contribution in [1.82, 2.24) is 4.98 Å². The third kappa shape index (κ3) is 2.16. The number of aromatic nitrogens is 1. The number of pyridine rings is 1. The molecular formula is C14H8FN3O. The van der Waals surface area contributed by atoms with Crippen molar-refractivity contribution < 1.29 is 9.13 Å². The van der Waals surface area contributed by atoms with Gasteiger partial charge < -0.3 is 4.74 Å². The van der Waals surface area contributed by atoms with Crippen LogP contribution in [0.3, 0.4) is 0 Å². The molecule has 2 heterocycles. The lowest BCUT2D eigenvalue weighted by molar-refractivity contribution is 0.472. The Hall–Kier alpha value is -2.74. The third-order valence-electron chi connectivity index (χ3n) is 2.73. The molecule has 0 amide bonds. The van der Waals surface area contributed by atoms with Gasteiger partial charge in [0.25, 0.3) is 0 Å². The molecule has 1 aliphatic rings. The summed E-state index contributed by atoms with van der Waals surface area (Å²) in [6, 6.07) is 7.54. The van der Waals surface area contributed by atoms with Crippen LogP contribution in [-0.4, -0.2) is 11.2 Å². The van der Waals surface area contributed by atoms with E-state index in [9.17, 15) is 4.39 Å². The molecule has 0 unspecified atom stereocenters. The summed E-state index contributed by atoms with van der Waals surface area (Å²) in [5.41, 5.74) is 1.23. The van der Waals surface area contributed by atoms with Gasteiger partial charge in [-0.1, -0.05) is 0 Å². The maximum atomic E-state index is 13.2. The SMILES string of the molecule is N#Cc1ccc(F)cc1Oc1cnc2c(c1)CC=N2. The predicted octanol–water partition coefficient (Wildman–Crippen LogP) is 3.14. The van der Waals surface area contributed by atoms with Gasteiger partial charge in [0.2, 0.25) is 0 Å². The molecule has 0 fully saturated rings. The number of nitrogens with zero attached hydrogens (tertiary/aromatic N) is 3. The van der Waals surface area contributed by atoms with Crippen LogP contribution in [0.25, 0.3) is 0 Å². The highest BCUT2D eigenvalue weighted by Gasteiger charge is 2.11. The molecule has 5 heteroatoms. The molecule has 1 aromatic carbocycles. The Bertz CT molecular complexity index is 719. The fraction of sp³-hybridized carbons (Fsp3) is 0.0714. The topological polar surface area (TPSA) is 58.3 Å². The van der Waals surface area contributed by atoms with Crippen molar-refractivity contribution in [2.75, 3.05) is 0 Å². The Labute approximate surface area is 108 Å². The van der Waals surface area contributed by atoms with E-state index in [0.717, 1.165) is 5.56 Å². The average molecular weight is 253 g/mol. The van der Waals surface area contributed by atoms with E-state index < -0.39 is 5.82 Å². The summed E-state index contributed by atoms with van der Waals surface area (Å²) in [5.74, 6) is 0.869. The number of ether oxygens (including phenoxy) is 1. The van der Waals surface area contributed by atoms with E-state index in [1.807, 2.05) is 6.07 Å². The molecule has 19 heavy (non-hydrogen) atoms. The minimum absolute atomic E-state index is 0.183. The van der Waals surface area contributed by atoms with Gasteiger partial charge in [0.1, 0.15) is 23.4 Å². The molecule has 92 valence electrons. The van der Waals surface area contributed by atoms with Crippen molar-refractivity contribution in [2.24, 2.45) is 4.99 Å². The van der Waals surface area contributed by atoms with Crippen LogP contribution in [0.1, 0.15) is 11.1 Å². The lowest BCUT2D eigenvalue weighted by Crippen LogP contribution is -1.92. The number of hydrogen-bond donors (Lipinski definition) is 0. The Morgan fingerprint density at radius 3 is 3.05 bits per heavy atom. The standard InChI is InChI=1S/C14H8FN3O/c15-11-2-1-10(7-16)13(6-11)19-12-5-9-3-4-17-14(9)18-8-12/h1-2,4-6,8H,3H2. The first-order valence-electron chi connectivity index (χ1n) is 5.65. The molecule has 0 spiro atoms. The Balaban J connectivity index is 1.94. The fourth-order valence-corrected chi connectivity index (χ4v) is 1.83. The van der Waals surface area contributed by atoms with Gasteiger partial charge in [-0.05, 0) is 18.2 Å². The van der Waals surface area contributed by atoms with Gasteiger partial charge in [-0.3, -0.25) is 0 Å². The second-order valence-corrected chi connectivity index (χ2v) is 4.02. The number of hydrogen-bond acceptors (Lipinski definition) is 4. The summed E-state index contributed by atoms with van der Waals surface area (Å²) in [4.78, 5) is 8.22. The molecule has 4 nitrogen and oxygen atoms in total. The van der Waals surface area contributed by atoms with Crippen LogP contribution in [0.5, 0.6) is 11.5 Å². The Kier molecular flexibility index (Phi) is 2.69. The zero-order valence-corrected chi connectivity index (χ0v) is 9.80. The van der Waals surface area contributed by atoms with Crippen molar-refractivity contribution in [2.45, 2.75) is 6.42 Å². The lowest BCUT2D eigenvalue weighted by Gasteiger charge is -2.08. The number of fused-ring (bicyclic) bond motifs is 1. The summed E-state index contributed by atoms with van der Waals surface area (Å²) in [7, 11) is 0. The highest BCUT2D eigenvalue weighted by Crippen LogP contribution is 2.30. The number of halogens is 1. The molecule has 1 aliphatic heterocycles. The van der Waals surface area contributed by atoms with E-state index in [1.165, 1.54) is 24.4 Å². The average Bonchev–Trinajstić information content (AvgIpc) is 2.86. The van der Waals surface area contributed by atoms with Crippen LogP contribution < -0.4 is 4.74 Å². The van der Waals surface area contributed by atoms with Gasteiger partial charge in [0.15, 0.2) is 5.82 Å². The lowest BCUT2D eigenvalue weighted by atomic mass is 10.2. The maximum Gasteiger partial charge on any atom is 0.155 e. The summed E-state index contributed by atoms with van der Waals surface area (Å²) < 4.78 is 18.7. The predicted molar refractivity (Wildman–Crippen MR) is 67.3 cm³/mol. The van der Waals surface area contributed by atoms with Gasteiger partial charge in [-0.15, -0.1) is 0 Å².